The first-order valence-electron chi connectivity index (χ1n) is 8.02. The van der Waals surface area contributed by atoms with Crippen LogP contribution in [-0.2, 0) is 0 Å². The zero-order chi connectivity index (χ0) is 19.4. The molecule has 3 rings (SSSR count). The number of rotatable bonds is 5. The molecule has 2 aromatic carbocycles. The van der Waals surface area contributed by atoms with Crippen LogP contribution < -0.4 is 10.2 Å². The summed E-state index contributed by atoms with van der Waals surface area (Å²) in [6, 6.07) is 13.0. The minimum absolute atomic E-state index is 0.0922. The Bertz CT molecular complexity index is 1060. The number of hydrogen-bond acceptors (Lipinski definition) is 6. The van der Waals surface area contributed by atoms with Gasteiger partial charge in [-0.25, -0.2) is 5.43 Å². The maximum absolute atomic E-state index is 12.6. The Hall–Kier alpha value is -3.81. The highest BCUT2D eigenvalue weighted by atomic mass is 16.6. The number of aromatic nitrogens is 1. The van der Waals surface area contributed by atoms with Gasteiger partial charge >= 0.3 is 0 Å². The van der Waals surface area contributed by atoms with Gasteiger partial charge < -0.3 is 4.74 Å². The number of ether oxygens (including phenoxy) is 1. The van der Waals surface area contributed by atoms with Crippen molar-refractivity contribution in [1.29, 1.82) is 0 Å². The van der Waals surface area contributed by atoms with Gasteiger partial charge in [0.25, 0.3) is 11.6 Å². The second-order valence-electron chi connectivity index (χ2n) is 5.71. The number of aryl methyl sites for hydroxylation is 1. The average molecular weight is 364 g/mol. The van der Waals surface area contributed by atoms with Crippen molar-refractivity contribution < 1.29 is 14.5 Å². The molecule has 3 aromatic rings. The second-order valence-corrected chi connectivity index (χ2v) is 5.71. The summed E-state index contributed by atoms with van der Waals surface area (Å²) < 4.78 is 5.21. The molecule has 0 unspecified atom stereocenters. The number of para-hydroxylation sites is 1. The van der Waals surface area contributed by atoms with Crippen molar-refractivity contribution in [3.63, 3.8) is 0 Å². The number of methoxy groups -OCH3 is 1. The van der Waals surface area contributed by atoms with Crippen molar-refractivity contribution in [1.82, 2.24) is 10.4 Å². The Morgan fingerprint density at radius 3 is 2.78 bits per heavy atom. The number of fused-ring (bicyclic) bond motifs is 1. The molecule has 0 spiro atoms. The summed E-state index contributed by atoms with van der Waals surface area (Å²) in [6.45, 7) is 1.79. The number of nitro benzene ring substituents is 1. The van der Waals surface area contributed by atoms with Gasteiger partial charge in [-0.1, -0.05) is 12.1 Å². The van der Waals surface area contributed by atoms with Crippen LogP contribution in [0.1, 0.15) is 21.6 Å². The van der Waals surface area contributed by atoms with Crippen LogP contribution in [0.3, 0.4) is 0 Å². The molecule has 1 heterocycles. The van der Waals surface area contributed by atoms with E-state index in [4.69, 9.17) is 4.74 Å². The lowest BCUT2D eigenvalue weighted by Gasteiger charge is -2.08. The van der Waals surface area contributed by atoms with Crippen LogP contribution in [0.25, 0.3) is 10.9 Å². The minimum atomic E-state index is -0.505. The summed E-state index contributed by atoms with van der Waals surface area (Å²) in [6.07, 6.45) is 1.24. The van der Waals surface area contributed by atoms with E-state index < -0.39 is 10.8 Å². The van der Waals surface area contributed by atoms with Crippen molar-refractivity contribution in [2.24, 2.45) is 5.10 Å². The summed E-state index contributed by atoms with van der Waals surface area (Å²) in [4.78, 5) is 27.5. The molecular formula is C19H16N4O4. The molecule has 0 saturated carbocycles. The normalized spacial score (nSPS) is 10.9. The molecule has 0 aliphatic heterocycles. The van der Waals surface area contributed by atoms with Gasteiger partial charge in [0.1, 0.15) is 5.75 Å². The fraction of sp³-hybridized carbons (Fsp3) is 0.105. The highest BCUT2D eigenvalue weighted by Crippen LogP contribution is 2.23. The van der Waals surface area contributed by atoms with Crippen molar-refractivity contribution >= 4 is 28.7 Å². The van der Waals surface area contributed by atoms with E-state index in [0.717, 1.165) is 0 Å². The molecule has 1 aromatic heterocycles. The second kappa shape index (κ2) is 7.61. The number of nitro groups is 1. The van der Waals surface area contributed by atoms with Gasteiger partial charge in [0.15, 0.2) is 0 Å². The predicted octanol–water partition coefficient (Wildman–Crippen LogP) is 3.22. The van der Waals surface area contributed by atoms with Gasteiger partial charge in [-0.15, -0.1) is 0 Å². The van der Waals surface area contributed by atoms with Crippen molar-refractivity contribution in [3.05, 3.63) is 75.5 Å². The van der Waals surface area contributed by atoms with Crippen LogP contribution in [0.15, 0.2) is 53.6 Å². The molecule has 0 atom stereocenters. The topological polar surface area (TPSA) is 107 Å². The first kappa shape index (κ1) is 18.0. The monoisotopic (exact) mass is 364 g/mol. The minimum Gasteiger partial charge on any atom is -0.497 e. The molecule has 0 saturated heterocycles. The van der Waals surface area contributed by atoms with Crippen molar-refractivity contribution in [2.45, 2.75) is 6.92 Å². The number of carbonyl (C=O) groups is 1. The van der Waals surface area contributed by atoms with E-state index >= 15 is 0 Å². The highest BCUT2D eigenvalue weighted by molar-refractivity contribution is 6.06. The Morgan fingerprint density at radius 2 is 2.04 bits per heavy atom. The van der Waals surface area contributed by atoms with E-state index in [1.165, 1.54) is 12.3 Å². The Balaban J connectivity index is 1.90. The van der Waals surface area contributed by atoms with E-state index in [2.05, 4.69) is 15.5 Å². The number of nitrogens with zero attached hydrogens (tertiary/aromatic N) is 3. The number of hydrogen-bond donors (Lipinski definition) is 1. The Kier molecular flexibility index (Phi) is 5.07. The van der Waals surface area contributed by atoms with Crippen LogP contribution in [0.2, 0.25) is 0 Å². The highest BCUT2D eigenvalue weighted by Gasteiger charge is 2.13. The fourth-order valence-electron chi connectivity index (χ4n) is 2.64. The first-order chi connectivity index (χ1) is 13.0. The third kappa shape index (κ3) is 3.90. The van der Waals surface area contributed by atoms with E-state index in [0.29, 0.717) is 33.5 Å². The van der Waals surface area contributed by atoms with Crippen molar-refractivity contribution in [3.8, 4) is 5.75 Å². The number of nitrogens with one attached hydrogen (secondary N) is 1. The quantitative estimate of drug-likeness (QED) is 0.425. The molecule has 1 N–H and O–H groups in total. The molecule has 27 heavy (non-hydrogen) atoms. The number of pyridine rings is 1. The van der Waals surface area contributed by atoms with E-state index in [-0.39, 0.29) is 5.69 Å². The molecule has 8 nitrogen and oxygen atoms in total. The molecule has 0 radical (unpaired) electrons. The SMILES string of the molecule is COc1ccc2nc(C)cc(C(=O)NN=Cc3ccccc3[N+](=O)[O-])c2c1. The lowest BCUT2D eigenvalue weighted by molar-refractivity contribution is -0.385. The van der Waals surface area contributed by atoms with E-state index in [1.807, 2.05) is 0 Å². The van der Waals surface area contributed by atoms with Crippen LogP contribution in [0.5, 0.6) is 5.75 Å². The third-order valence-corrected chi connectivity index (χ3v) is 3.89. The summed E-state index contributed by atoms with van der Waals surface area (Å²) in [5.41, 5.74) is 4.33. The van der Waals surface area contributed by atoms with Crippen LogP contribution >= 0.6 is 0 Å². The molecule has 136 valence electrons. The first-order valence-corrected chi connectivity index (χ1v) is 8.02. The van der Waals surface area contributed by atoms with E-state index in [9.17, 15) is 14.9 Å². The molecule has 1 amide bonds. The Morgan fingerprint density at radius 1 is 1.26 bits per heavy atom. The van der Waals surface area contributed by atoms with Gasteiger partial charge in [0, 0.05) is 17.1 Å². The Labute approximate surface area is 154 Å². The molecule has 0 fully saturated rings. The van der Waals surface area contributed by atoms with Gasteiger partial charge in [-0.05, 0) is 37.3 Å². The lowest BCUT2D eigenvalue weighted by atomic mass is 10.1. The largest absolute Gasteiger partial charge is 0.497 e. The van der Waals surface area contributed by atoms with Gasteiger partial charge in [0.2, 0.25) is 0 Å². The maximum atomic E-state index is 12.6. The smallest absolute Gasteiger partial charge is 0.278 e. The summed E-state index contributed by atoms with van der Waals surface area (Å²) in [5.74, 6) is 0.152. The molecular weight excluding hydrogens is 348 g/mol. The molecule has 0 aliphatic carbocycles. The van der Waals surface area contributed by atoms with Crippen molar-refractivity contribution in [2.75, 3.05) is 7.11 Å². The zero-order valence-corrected chi connectivity index (χ0v) is 14.7. The van der Waals surface area contributed by atoms with Gasteiger partial charge in [0.05, 0.1) is 34.9 Å². The molecule has 8 heteroatoms. The van der Waals surface area contributed by atoms with Gasteiger partial charge in [-0.3, -0.25) is 19.9 Å². The summed E-state index contributed by atoms with van der Waals surface area (Å²) in [7, 11) is 1.54. The van der Waals surface area contributed by atoms with Crippen LogP contribution in [0.4, 0.5) is 5.69 Å². The molecule has 0 aliphatic rings. The average Bonchev–Trinajstić information content (AvgIpc) is 2.67. The van der Waals surface area contributed by atoms with Crippen LogP contribution in [0, 0.1) is 17.0 Å². The molecule has 0 bridgehead atoms. The maximum Gasteiger partial charge on any atom is 0.278 e. The third-order valence-electron chi connectivity index (χ3n) is 3.89. The standard InChI is InChI=1S/C19H16N4O4/c1-12-9-16(15-10-14(27-2)7-8-17(15)21-12)19(24)22-20-11-13-5-3-4-6-18(13)23(25)26/h3-11H,1-2H3,(H,22,24). The predicted molar refractivity (Wildman–Crippen MR) is 101 cm³/mol. The van der Waals surface area contributed by atoms with Gasteiger partial charge in [-0.2, -0.15) is 5.10 Å². The number of hydrazone groups is 1. The van der Waals surface area contributed by atoms with E-state index in [1.54, 1.807) is 56.5 Å². The summed E-state index contributed by atoms with van der Waals surface area (Å²) in [5, 5.41) is 15.5. The number of benzene rings is 2. The van der Waals surface area contributed by atoms with Crippen LogP contribution in [-0.4, -0.2) is 29.1 Å². The number of carbonyl (C=O) groups excluding carboxylic acids is 1. The summed E-state index contributed by atoms with van der Waals surface area (Å²) >= 11 is 0. The number of amides is 1. The fourth-order valence-corrected chi connectivity index (χ4v) is 2.64. The zero-order valence-electron chi connectivity index (χ0n) is 14.7. The lowest BCUT2D eigenvalue weighted by Crippen LogP contribution is -2.18.